The number of nitrogens with one attached hydrogen (secondary N) is 1. The highest BCUT2D eigenvalue weighted by Crippen LogP contribution is 2.53. The molecular weight excluding hydrogens is 657 g/mol. The second-order valence-electron chi connectivity index (χ2n) is 10.8. The molecule has 0 saturated heterocycles. The molecule has 5 rings (SSSR count). The number of hydrogen-bond donors (Lipinski definition) is 1. The molecular formula is C39H36NO9P. The fourth-order valence-corrected chi connectivity index (χ4v) is 5.68. The van der Waals surface area contributed by atoms with Crippen LogP contribution in [0.3, 0.4) is 0 Å². The van der Waals surface area contributed by atoms with Crippen LogP contribution >= 0.6 is 7.82 Å². The van der Waals surface area contributed by atoms with Crippen molar-refractivity contribution in [2.45, 2.75) is 26.4 Å². The maximum Gasteiger partial charge on any atom is 0.530 e. The Morgan fingerprint density at radius 2 is 1.10 bits per heavy atom. The molecule has 0 aromatic heterocycles. The summed E-state index contributed by atoms with van der Waals surface area (Å²) in [6.07, 6.45) is 0.546. The highest BCUT2D eigenvalue weighted by Gasteiger charge is 2.31. The molecule has 1 amide bonds. The highest BCUT2D eigenvalue weighted by atomic mass is 31.2. The summed E-state index contributed by atoms with van der Waals surface area (Å²) >= 11 is 0. The minimum atomic E-state index is -4.25. The average Bonchev–Trinajstić information content (AvgIpc) is 3.16. The molecule has 5 aromatic rings. The van der Waals surface area contributed by atoms with Gasteiger partial charge in [-0.25, -0.2) is 14.2 Å². The summed E-state index contributed by atoms with van der Waals surface area (Å²) in [5.41, 5.74) is 3.42. The van der Waals surface area contributed by atoms with Gasteiger partial charge in [-0.3, -0.25) is 14.4 Å². The van der Waals surface area contributed by atoms with Crippen LogP contribution in [0.2, 0.25) is 0 Å². The van der Waals surface area contributed by atoms with Gasteiger partial charge < -0.3 is 18.7 Å². The quantitative estimate of drug-likeness (QED) is 0.0616. The summed E-state index contributed by atoms with van der Waals surface area (Å²) < 4.78 is 48.2. The van der Waals surface area contributed by atoms with Crippen LogP contribution in [0.25, 0.3) is 6.08 Å². The largest absolute Gasteiger partial charge is 0.530 e. The van der Waals surface area contributed by atoms with Crippen LogP contribution in [-0.2, 0) is 54.3 Å². The molecule has 1 N–H and O–H groups in total. The predicted molar refractivity (Wildman–Crippen MR) is 188 cm³/mol. The van der Waals surface area contributed by atoms with E-state index in [9.17, 15) is 14.2 Å². The molecule has 0 aliphatic heterocycles. The first kappa shape index (κ1) is 35.6. The van der Waals surface area contributed by atoms with Gasteiger partial charge in [0, 0.05) is 0 Å². The minimum absolute atomic E-state index is 0.00335. The van der Waals surface area contributed by atoms with Crippen LogP contribution in [0.1, 0.15) is 27.8 Å². The Balaban J connectivity index is 1.41. The van der Waals surface area contributed by atoms with Gasteiger partial charge in [-0.05, 0) is 46.0 Å². The zero-order chi connectivity index (χ0) is 35.0. The summed E-state index contributed by atoms with van der Waals surface area (Å²) in [5, 5.41) is 2.45. The molecule has 0 radical (unpaired) electrons. The Labute approximate surface area is 290 Å². The number of rotatable bonds is 16. The summed E-state index contributed by atoms with van der Waals surface area (Å²) in [6, 6.07) is 41.7. The molecule has 0 bridgehead atoms. The number of phosphoric acid groups is 1. The van der Waals surface area contributed by atoms with Gasteiger partial charge in [-0.1, -0.05) is 127 Å². The Morgan fingerprint density at radius 1 is 0.620 bits per heavy atom. The van der Waals surface area contributed by atoms with E-state index in [2.05, 4.69) is 5.32 Å². The summed E-state index contributed by atoms with van der Waals surface area (Å²) in [4.78, 5) is 25.3. The number of esters is 1. The van der Waals surface area contributed by atoms with E-state index in [1.54, 1.807) is 12.1 Å². The number of methoxy groups -OCH3 is 1. The number of benzene rings is 5. The molecule has 0 saturated carbocycles. The van der Waals surface area contributed by atoms with Gasteiger partial charge in [-0.2, -0.15) is 0 Å². The van der Waals surface area contributed by atoms with E-state index in [0.29, 0.717) is 5.56 Å². The first-order valence-electron chi connectivity index (χ1n) is 15.6. The van der Waals surface area contributed by atoms with E-state index >= 15 is 0 Å². The summed E-state index contributed by atoms with van der Waals surface area (Å²) in [6.45, 7) is 0.0621. The highest BCUT2D eigenvalue weighted by molar-refractivity contribution is 7.48. The average molecular weight is 694 g/mol. The monoisotopic (exact) mass is 693 g/mol. The van der Waals surface area contributed by atoms with Crippen LogP contribution in [0.4, 0.5) is 4.79 Å². The van der Waals surface area contributed by atoms with Crippen molar-refractivity contribution >= 4 is 26.0 Å². The first-order valence-corrected chi connectivity index (χ1v) is 17.1. The smallest absolute Gasteiger partial charge is 0.485 e. The standard InChI is InChI=1S/C39H36NO9P/c1-44-38(41)35(40-39(42)46-27-31-16-8-3-9-17-31)24-34-22-23-36(37(25-34)45-26-30-14-6-2-7-15-30)49-50(43,47-28-32-18-10-4-11-19-32)48-29-33-20-12-5-13-21-33/h2-25H,26-29H2,1H3,(H,40,42). The molecule has 0 fully saturated rings. The molecule has 0 unspecified atom stereocenters. The van der Waals surface area contributed by atoms with Crippen molar-refractivity contribution in [3.8, 4) is 11.5 Å². The lowest BCUT2D eigenvalue weighted by molar-refractivity contribution is -0.136. The molecule has 50 heavy (non-hydrogen) atoms. The lowest BCUT2D eigenvalue weighted by Crippen LogP contribution is -2.28. The Morgan fingerprint density at radius 3 is 1.60 bits per heavy atom. The minimum Gasteiger partial charge on any atom is -0.485 e. The lowest BCUT2D eigenvalue weighted by Gasteiger charge is -2.21. The molecule has 0 aliphatic rings. The normalized spacial score (nSPS) is 11.3. The number of alkyl carbamates (subject to hydrolysis) is 1. The van der Waals surface area contributed by atoms with Crippen LogP contribution in [0, 0.1) is 0 Å². The van der Waals surface area contributed by atoms with E-state index in [0.717, 1.165) is 22.3 Å². The molecule has 0 atom stereocenters. The molecule has 256 valence electrons. The van der Waals surface area contributed by atoms with Crippen LogP contribution in [0.15, 0.2) is 145 Å². The van der Waals surface area contributed by atoms with Gasteiger partial charge in [-0.15, -0.1) is 0 Å². The van der Waals surface area contributed by atoms with Crippen molar-refractivity contribution in [3.63, 3.8) is 0 Å². The molecule has 0 spiro atoms. The third-order valence-corrected chi connectivity index (χ3v) is 8.36. The second-order valence-corrected chi connectivity index (χ2v) is 12.4. The number of ether oxygens (including phenoxy) is 3. The Bertz CT molecular complexity index is 1860. The molecule has 0 heterocycles. The zero-order valence-corrected chi connectivity index (χ0v) is 28.2. The summed E-state index contributed by atoms with van der Waals surface area (Å²) in [5.74, 6) is -0.565. The maximum absolute atomic E-state index is 14.2. The van der Waals surface area contributed by atoms with Gasteiger partial charge in [0.25, 0.3) is 0 Å². The van der Waals surface area contributed by atoms with Gasteiger partial charge in [0.2, 0.25) is 0 Å². The molecule has 5 aromatic carbocycles. The Kier molecular flexibility index (Phi) is 13.0. The molecule has 11 heteroatoms. The van der Waals surface area contributed by atoms with E-state index in [4.69, 9.17) is 27.8 Å². The van der Waals surface area contributed by atoms with Crippen molar-refractivity contribution < 1.29 is 41.9 Å². The van der Waals surface area contributed by atoms with E-state index < -0.39 is 19.9 Å². The van der Waals surface area contributed by atoms with Gasteiger partial charge in [0.05, 0.1) is 20.3 Å². The topological polar surface area (TPSA) is 119 Å². The Hall–Kier alpha value is -5.67. The molecule has 0 aliphatic carbocycles. The predicted octanol–water partition coefficient (Wildman–Crippen LogP) is 8.63. The maximum atomic E-state index is 14.2. The van der Waals surface area contributed by atoms with Crippen molar-refractivity contribution in [1.29, 1.82) is 0 Å². The van der Waals surface area contributed by atoms with Crippen molar-refractivity contribution in [1.82, 2.24) is 5.32 Å². The van der Waals surface area contributed by atoms with Gasteiger partial charge in [0.1, 0.15) is 18.9 Å². The second kappa shape index (κ2) is 18.2. The fraction of sp³-hybridized carbons (Fsp3) is 0.128. The van der Waals surface area contributed by atoms with E-state index in [1.807, 2.05) is 121 Å². The fourth-order valence-electron chi connectivity index (χ4n) is 4.50. The number of amides is 1. The lowest BCUT2D eigenvalue weighted by atomic mass is 10.1. The first-order chi connectivity index (χ1) is 24.4. The van der Waals surface area contributed by atoms with Gasteiger partial charge >= 0.3 is 19.9 Å². The number of carbonyl (C=O) groups is 2. The number of hydrogen-bond acceptors (Lipinski definition) is 9. The third-order valence-electron chi connectivity index (χ3n) is 7.05. The van der Waals surface area contributed by atoms with Gasteiger partial charge in [0.15, 0.2) is 11.5 Å². The van der Waals surface area contributed by atoms with Crippen molar-refractivity contribution in [3.05, 3.63) is 173 Å². The zero-order valence-electron chi connectivity index (χ0n) is 27.3. The molecule has 10 nitrogen and oxygen atoms in total. The van der Waals surface area contributed by atoms with E-state index in [-0.39, 0.29) is 43.6 Å². The van der Waals surface area contributed by atoms with Crippen molar-refractivity contribution in [2.24, 2.45) is 0 Å². The number of phosphoric ester groups is 1. The van der Waals surface area contributed by atoms with Crippen LogP contribution in [0.5, 0.6) is 11.5 Å². The van der Waals surface area contributed by atoms with Crippen LogP contribution in [-0.4, -0.2) is 19.2 Å². The summed E-state index contributed by atoms with van der Waals surface area (Å²) in [7, 11) is -3.06. The van der Waals surface area contributed by atoms with E-state index in [1.165, 1.54) is 19.3 Å². The third kappa shape index (κ3) is 11.2. The SMILES string of the molecule is COC(=O)C(=Cc1ccc(OP(=O)(OCc2ccccc2)OCc2ccccc2)c(OCc2ccccc2)c1)NC(=O)OCc1ccccc1. The number of carbonyl (C=O) groups excluding carboxylic acids is 2. The van der Waals surface area contributed by atoms with Crippen LogP contribution < -0.4 is 14.6 Å². The van der Waals surface area contributed by atoms with Crippen molar-refractivity contribution in [2.75, 3.05) is 7.11 Å².